The van der Waals surface area contributed by atoms with Crippen LogP contribution in [0.4, 0.5) is 11.6 Å². The van der Waals surface area contributed by atoms with E-state index in [1.165, 1.54) is 0 Å². The maximum atomic E-state index is 12.9. The number of amides is 2. The van der Waals surface area contributed by atoms with Crippen molar-refractivity contribution < 1.29 is 14.3 Å². The molecule has 0 spiro atoms. The number of aryl methyl sites for hydroxylation is 1. The molecule has 2 aromatic rings. The van der Waals surface area contributed by atoms with Gasteiger partial charge in [-0.15, -0.1) is 0 Å². The van der Waals surface area contributed by atoms with Crippen LogP contribution in [0.3, 0.4) is 0 Å². The van der Waals surface area contributed by atoms with Crippen molar-refractivity contribution in [2.75, 3.05) is 43.5 Å². The van der Waals surface area contributed by atoms with Crippen LogP contribution >= 0.6 is 0 Å². The van der Waals surface area contributed by atoms with Crippen molar-refractivity contribution in [3.8, 4) is 5.88 Å². The van der Waals surface area contributed by atoms with E-state index in [2.05, 4.69) is 20.2 Å². The highest BCUT2D eigenvalue weighted by Crippen LogP contribution is 2.24. The summed E-state index contributed by atoms with van der Waals surface area (Å²) in [6.07, 6.45) is 3.80. The Bertz CT molecular complexity index is 893. The van der Waals surface area contributed by atoms with Gasteiger partial charge in [0.05, 0.1) is 7.11 Å². The van der Waals surface area contributed by atoms with E-state index in [0.717, 1.165) is 24.1 Å². The largest absolute Gasteiger partial charge is 0.481 e. The van der Waals surface area contributed by atoms with Gasteiger partial charge in [-0.3, -0.25) is 9.59 Å². The Kier molecular flexibility index (Phi) is 5.10. The van der Waals surface area contributed by atoms with Crippen molar-refractivity contribution in [3.63, 3.8) is 0 Å². The second-order valence-corrected chi connectivity index (χ2v) is 6.95. The Morgan fingerprint density at radius 2 is 1.96 bits per heavy atom. The van der Waals surface area contributed by atoms with Crippen LogP contribution < -0.4 is 15.0 Å². The fraction of sp³-hybridized carbons (Fsp3) is 0.400. The lowest BCUT2D eigenvalue weighted by atomic mass is 10.0. The molecule has 8 nitrogen and oxygen atoms in total. The lowest BCUT2D eigenvalue weighted by molar-refractivity contribution is -0.116. The molecule has 146 valence electrons. The number of hydrogen-bond acceptors (Lipinski definition) is 6. The monoisotopic (exact) mass is 381 g/mol. The van der Waals surface area contributed by atoms with Gasteiger partial charge in [-0.1, -0.05) is 0 Å². The van der Waals surface area contributed by atoms with E-state index in [0.29, 0.717) is 50.0 Å². The summed E-state index contributed by atoms with van der Waals surface area (Å²) in [4.78, 5) is 37.2. The van der Waals surface area contributed by atoms with Gasteiger partial charge in [0.2, 0.25) is 17.7 Å². The standard InChI is InChI=1S/C20H23N5O3/c1-28-18-7-8-21-20(23-18)25-11-9-24(10-12-25)19(27)15-5-6-16-14(13-15)3-2-4-17(26)22-16/h5-8,13H,2-4,9-12H2,1H3,(H,22,26). The number of fused-ring (bicyclic) bond motifs is 1. The second kappa shape index (κ2) is 7.84. The highest BCUT2D eigenvalue weighted by atomic mass is 16.5. The number of benzene rings is 1. The molecule has 2 aliphatic rings. The Morgan fingerprint density at radius 1 is 1.14 bits per heavy atom. The molecule has 0 atom stereocenters. The minimum atomic E-state index is 0.0181. The Morgan fingerprint density at radius 3 is 2.75 bits per heavy atom. The molecular weight excluding hydrogens is 358 g/mol. The summed E-state index contributed by atoms with van der Waals surface area (Å²) in [5.41, 5.74) is 2.51. The van der Waals surface area contributed by atoms with Crippen LogP contribution in [0.2, 0.25) is 0 Å². The summed E-state index contributed by atoms with van der Waals surface area (Å²) < 4.78 is 5.16. The van der Waals surface area contributed by atoms with Gasteiger partial charge in [-0.05, 0) is 36.6 Å². The molecule has 4 rings (SSSR count). The van der Waals surface area contributed by atoms with Crippen LogP contribution in [0.5, 0.6) is 5.88 Å². The number of ether oxygens (including phenoxy) is 1. The summed E-state index contributed by atoms with van der Waals surface area (Å²) in [6.45, 7) is 2.54. The third-order valence-electron chi connectivity index (χ3n) is 5.15. The van der Waals surface area contributed by atoms with Gasteiger partial charge in [0.1, 0.15) is 0 Å². The SMILES string of the molecule is COc1ccnc(N2CCN(C(=O)c3ccc4c(c3)CCCC(=O)N4)CC2)n1. The number of piperazine rings is 1. The smallest absolute Gasteiger partial charge is 0.253 e. The van der Waals surface area contributed by atoms with Crippen molar-refractivity contribution in [1.82, 2.24) is 14.9 Å². The van der Waals surface area contributed by atoms with Gasteiger partial charge in [-0.25, -0.2) is 4.98 Å². The molecule has 0 bridgehead atoms. The third-order valence-corrected chi connectivity index (χ3v) is 5.15. The lowest BCUT2D eigenvalue weighted by Gasteiger charge is -2.34. The van der Waals surface area contributed by atoms with Crippen molar-refractivity contribution in [2.24, 2.45) is 0 Å². The number of rotatable bonds is 3. The van der Waals surface area contributed by atoms with Crippen LogP contribution in [0.1, 0.15) is 28.8 Å². The minimum absolute atomic E-state index is 0.0181. The zero-order valence-electron chi connectivity index (χ0n) is 15.9. The number of nitrogens with one attached hydrogen (secondary N) is 1. The van der Waals surface area contributed by atoms with Crippen LogP contribution in [-0.4, -0.2) is 60.0 Å². The molecule has 1 aromatic heterocycles. The van der Waals surface area contributed by atoms with Crippen molar-refractivity contribution >= 4 is 23.5 Å². The number of aromatic nitrogens is 2. The summed E-state index contributed by atoms with van der Waals surface area (Å²) in [5.74, 6) is 1.20. The molecule has 1 aromatic carbocycles. The van der Waals surface area contributed by atoms with Crippen molar-refractivity contribution in [1.29, 1.82) is 0 Å². The molecule has 3 heterocycles. The molecule has 8 heteroatoms. The fourth-order valence-electron chi connectivity index (χ4n) is 3.60. The zero-order chi connectivity index (χ0) is 19.5. The maximum Gasteiger partial charge on any atom is 0.253 e. The first kappa shape index (κ1) is 18.2. The van der Waals surface area contributed by atoms with Gasteiger partial charge < -0.3 is 19.9 Å². The predicted molar refractivity (Wildman–Crippen MR) is 105 cm³/mol. The zero-order valence-corrected chi connectivity index (χ0v) is 15.9. The summed E-state index contributed by atoms with van der Waals surface area (Å²) >= 11 is 0. The topological polar surface area (TPSA) is 87.7 Å². The van der Waals surface area contributed by atoms with E-state index in [9.17, 15) is 9.59 Å². The van der Waals surface area contributed by atoms with Gasteiger partial charge in [0, 0.05) is 56.1 Å². The normalized spacial score (nSPS) is 16.8. The van der Waals surface area contributed by atoms with Crippen molar-refractivity contribution in [3.05, 3.63) is 41.6 Å². The Balaban J connectivity index is 1.43. The first-order valence-electron chi connectivity index (χ1n) is 9.48. The van der Waals surface area contributed by atoms with Gasteiger partial charge in [0.25, 0.3) is 5.91 Å². The second-order valence-electron chi connectivity index (χ2n) is 6.95. The van der Waals surface area contributed by atoms with E-state index in [1.807, 2.05) is 17.0 Å². The fourth-order valence-corrected chi connectivity index (χ4v) is 3.60. The highest BCUT2D eigenvalue weighted by Gasteiger charge is 2.24. The lowest BCUT2D eigenvalue weighted by Crippen LogP contribution is -2.49. The average Bonchev–Trinajstić information content (AvgIpc) is 2.93. The van der Waals surface area contributed by atoms with E-state index < -0.39 is 0 Å². The van der Waals surface area contributed by atoms with Crippen LogP contribution in [0.15, 0.2) is 30.5 Å². The Labute approximate surface area is 163 Å². The maximum absolute atomic E-state index is 12.9. The molecule has 0 saturated carbocycles. The number of methoxy groups -OCH3 is 1. The van der Waals surface area contributed by atoms with Crippen LogP contribution in [0, 0.1) is 0 Å². The van der Waals surface area contributed by atoms with Crippen molar-refractivity contribution in [2.45, 2.75) is 19.3 Å². The van der Waals surface area contributed by atoms with E-state index >= 15 is 0 Å². The van der Waals surface area contributed by atoms with E-state index in [1.54, 1.807) is 25.4 Å². The molecule has 0 unspecified atom stereocenters. The quantitative estimate of drug-likeness (QED) is 0.871. The molecular formula is C20H23N5O3. The van der Waals surface area contributed by atoms with Crippen LogP contribution in [0.25, 0.3) is 0 Å². The van der Waals surface area contributed by atoms with Crippen LogP contribution in [-0.2, 0) is 11.2 Å². The van der Waals surface area contributed by atoms with Gasteiger partial charge in [0.15, 0.2) is 0 Å². The molecule has 2 aliphatic heterocycles. The molecule has 1 fully saturated rings. The average molecular weight is 381 g/mol. The predicted octanol–water partition coefficient (Wildman–Crippen LogP) is 1.72. The molecule has 1 saturated heterocycles. The Hall–Kier alpha value is -3.16. The van der Waals surface area contributed by atoms with Gasteiger partial charge >= 0.3 is 0 Å². The summed E-state index contributed by atoms with van der Waals surface area (Å²) in [7, 11) is 1.58. The molecule has 0 radical (unpaired) electrons. The number of carbonyl (C=O) groups excluding carboxylic acids is 2. The summed E-state index contributed by atoms with van der Waals surface area (Å²) in [6, 6.07) is 7.27. The number of anilines is 2. The number of carbonyl (C=O) groups is 2. The first-order chi connectivity index (χ1) is 13.6. The van der Waals surface area contributed by atoms with E-state index in [4.69, 9.17) is 4.74 Å². The number of hydrogen-bond donors (Lipinski definition) is 1. The highest BCUT2D eigenvalue weighted by molar-refractivity contribution is 5.97. The first-order valence-corrected chi connectivity index (χ1v) is 9.48. The minimum Gasteiger partial charge on any atom is -0.481 e. The van der Waals surface area contributed by atoms with Gasteiger partial charge in [-0.2, -0.15) is 4.98 Å². The van der Waals surface area contributed by atoms with E-state index in [-0.39, 0.29) is 11.8 Å². The number of nitrogens with zero attached hydrogens (tertiary/aromatic N) is 4. The third kappa shape index (κ3) is 3.76. The molecule has 1 N–H and O–H groups in total. The molecule has 0 aliphatic carbocycles. The molecule has 2 amide bonds. The summed E-state index contributed by atoms with van der Waals surface area (Å²) in [5, 5.41) is 2.91. The molecule has 28 heavy (non-hydrogen) atoms.